The molecule has 0 aliphatic carbocycles. The molecule has 1 unspecified atom stereocenters. The van der Waals surface area contributed by atoms with Gasteiger partial charge in [-0.15, -0.1) is 6.42 Å². The summed E-state index contributed by atoms with van der Waals surface area (Å²) >= 11 is 0. The number of nitrogens with one attached hydrogen (secondary N) is 1. The number of aliphatic imine (C=N–C) groups is 1. The number of pyridine rings is 1. The minimum Gasteiger partial charge on any atom is -0.479 e. The Bertz CT molecular complexity index is 1290. The van der Waals surface area contributed by atoms with Crippen LogP contribution in [0.15, 0.2) is 41.5 Å². The molecule has 0 saturated carbocycles. The first-order valence-electron chi connectivity index (χ1n) is 10.3. The molecule has 9 nitrogen and oxygen atoms in total. The summed E-state index contributed by atoms with van der Waals surface area (Å²) in [6.07, 6.45) is 6.51. The van der Waals surface area contributed by atoms with Gasteiger partial charge in [-0.2, -0.15) is 0 Å². The van der Waals surface area contributed by atoms with Crippen LogP contribution < -0.4 is 15.8 Å². The molecule has 3 rings (SSSR count). The quantitative estimate of drug-likeness (QED) is 0.622. The van der Waals surface area contributed by atoms with Crippen molar-refractivity contribution in [1.82, 2.24) is 9.29 Å². The summed E-state index contributed by atoms with van der Waals surface area (Å²) in [5.41, 5.74) is 5.20. The minimum atomic E-state index is -3.84. The third kappa shape index (κ3) is 4.60. The first kappa shape index (κ1) is 25.1. The van der Waals surface area contributed by atoms with E-state index in [0.29, 0.717) is 5.75 Å². The Kier molecular flexibility index (Phi) is 6.68. The number of amidine groups is 1. The van der Waals surface area contributed by atoms with Crippen molar-refractivity contribution < 1.29 is 22.3 Å². The molecule has 0 radical (unpaired) electrons. The maximum atomic E-state index is 14.9. The van der Waals surface area contributed by atoms with Gasteiger partial charge in [0.1, 0.15) is 40.0 Å². The summed E-state index contributed by atoms with van der Waals surface area (Å²) in [4.78, 5) is 21.1. The highest BCUT2D eigenvalue weighted by Crippen LogP contribution is 2.36. The molecular formula is C23H26FN5O4S. The highest BCUT2D eigenvalue weighted by Gasteiger charge is 2.48. The standard InChI is InChI=1S/C23H26FN5O4S/c1-6-11-33-16-8-10-19(26-13-16)20(30)27-15-7-9-18(24)17(12-15)23(4)14-29(5)34(31,32)22(2,3)21(25)28-23/h1,7-10,12-13H,11,14H2,2-5H3,(H2,25,28)(H,27,30). The number of nitrogens with two attached hydrogens (primary N) is 1. The number of amides is 1. The van der Waals surface area contributed by atoms with Crippen LogP contribution in [0.4, 0.5) is 10.1 Å². The normalized spacial score (nSPS) is 21.6. The lowest BCUT2D eigenvalue weighted by atomic mass is 9.91. The number of halogens is 1. The molecule has 180 valence electrons. The fourth-order valence-electron chi connectivity index (χ4n) is 3.56. The van der Waals surface area contributed by atoms with Gasteiger partial charge in [-0.05, 0) is 51.1 Å². The van der Waals surface area contributed by atoms with Gasteiger partial charge in [-0.3, -0.25) is 9.79 Å². The first-order chi connectivity index (χ1) is 15.8. The van der Waals surface area contributed by atoms with Gasteiger partial charge in [0.15, 0.2) is 0 Å². The Labute approximate surface area is 198 Å². The molecule has 1 aliphatic rings. The number of ether oxygens (including phenoxy) is 1. The van der Waals surface area contributed by atoms with Crippen molar-refractivity contribution in [3.05, 3.63) is 53.6 Å². The fourth-order valence-corrected chi connectivity index (χ4v) is 5.07. The van der Waals surface area contributed by atoms with Crippen molar-refractivity contribution >= 4 is 27.5 Å². The van der Waals surface area contributed by atoms with Crippen molar-refractivity contribution in [3.63, 3.8) is 0 Å². The second kappa shape index (κ2) is 9.04. The van der Waals surface area contributed by atoms with Crippen LogP contribution in [0.3, 0.4) is 0 Å². The third-order valence-electron chi connectivity index (χ3n) is 5.67. The van der Waals surface area contributed by atoms with Crippen molar-refractivity contribution in [2.45, 2.75) is 31.1 Å². The van der Waals surface area contributed by atoms with E-state index in [2.05, 4.69) is 21.2 Å². The molecule has 1 atom stereocenters. The Morgan fingerprint density at radius 3 is 2.65 bits per heavy atom. The lowest BCUT2D eigenvalue weighted by molar-refractivity contribution is 0.102. The van der Waals surface area contributed by atoms with E-state index in [9.17, 15) is 17.6 Å². The zero-order valence-electron chi connectivity index (χ0n) is 19.3. The zero-order chi connectivity index (χ0) is 25.3. The van der Waals surface area contributed by atoms with E-state index in [1.54, 1.807) is 13.0 Å². The van der Waals surface area contributed by atoms with Gasteiger partial charge < -0.3 is 15.8 Å². The van der Waals surface area contributed by atoms with Crippen LogP contribution in [0.1, 0.15) is 36.8 Å². The second-order valence-corrected chi connectivity index (χ2v) is 11.2. The average Bonchev–Trinajstić information content (AvgIpc) is 2.82. The van der Waals surface area contributed by atoms with E-state index in [1.807, 2.05) is 0 Å². The lowest BCUT2D eigenvalue weighted by Gasteiger charge is -2.29. The molecular weight excluding hydrogens is 461 g/mol. The number of carbonyl (C=O) groups is 1. The number of hydrogen-bond donors (Lipinski definition) is 2. The van der Waals surface area contributed by atoms with Crippen LogP contribution in [0, 0.1) is 18.2 Å². The van der Waals surface area contributed by atoms with Crippen LogP contribution in [0.25, 0.3) is 0 Å². The first-order valence-corrected chi connectivity index (χ1v) is 11.7. The molecule has 34 heavy (non-hydrogen) atoms. The molecule has 3 N–H and O–H groups in total. The highest BCUT2D eigenvalue weighted by molar-refractivity contribution is 7.91. The Morgan fingerprint density at radius 1 is 1.32 bits per heavy atom. The molecule has 2 aromatic rings. The van der Waals surface area contributed by atoms with Crippen LogP contribution in [0.2, 0.25) is 0 Å². The zero-order valence-corrected chi connectivity index (χ0v) is 20.1. The van der Waals surface area contributed by atoms with Gasteiger partial charge in [0.25, 0.3) is 5.91 Å². The number of rotatable bonds is 5. The number of carbonyl (C=O) groups excluding carboxylic acids is 1. The molecule has 1 aromatic heterocycles. The van der Waals surface area contributed by atoms with Crippen LogP contribution in [-0.2, 0) is 15.6 Å². The molecule has 0 saturated heterocycles. The van der Waals surface area contributed by atoms with E-state index in [-0.39, 0.29) is 35.9 Å². The van der Waals surface area contributed by atoms with Crippen molar-refractivity contribution in [2.24, 2.45) is 10.7 Å². The summed E-state index contributed by atoms with van der Waals surface area (Å²) in [6, 6.07) is 6.99. The van der Waals surface area contributed by atoms with Crippen LogP contribution in [-0.4, -0.2) is 54.4 Å². The summed E-state index contributed by atoms with van der Waals surface area (Å²) in [6.45, 7) is 4.42. The highest BCUT2D eigenvalue weighted by atomic mass is 32.2. The largest absolute Gasteiger partial charge is 0.479 e. The molecule has 0 spiro atoms. The molecule has 1 amide bonds. The van der Waals surface area contributed by atoms with Crippen molar-refractivity contribution in [1.29, 1.82) is 0 Å². The average molecular weight is 488 g/mol. The number of aromatic nitrogens is 1. The maximum absolute atomic E-state index is 14.9. The van der Waals surface area contributed by atoms with Crippen molar-refractivity contribution in [2.75, 3.05) is 25.5 Å². The summed E-state index contributed by atoms with van der Waals surface area (Å²) < 4.78 is 45.6. The number of terminal acetylenes is 1. The van der Waals surface area contributed by atoms with E-state index < -0.39 is 32.0 Å². The monoisotopic (exact) mass is 487 g/mol. The topological polar surface area (TPSA) is 127 Å². The molecule has 2 heterocycles. The van der Waals surface area contributed by atoms with Gasteiger partial charge in [-0.1, -0.05) is 5.92 Å². The Balaban J connectivity index is 1.92. The number of nitrogens with zero attached hydrogens (tertiary/aromatic N) is 3. The molecule has 0 fully saturated rings. The third-order valence-corrected chi connectivity index (χ3v) is 8.11. The van der Waals surface area contributed by atoms with Gasteiger partial charge in [0.05, 0.1) is 6.20 Å². The van der Waals surface area contributed by atoms with E-state index in [0.717, 1.165) is 4.31 Å². The van der Waals surface area contributed by atoms with E-state index >= 15 is 0 Å². The van der Waals surface area contributed by atoms with Gasteiger partial charge in [0, 0.05) is 24.8 Å². The van der Waals surface area contributed by atoms with Crippen molar-refractivity contribution in [3.8, 4) is 18.1 Å². The number of benzene rings is 1. The Hall–Kier alpha value is -3.49. The molecule has 1 aromatic carbocycles. The summed E-state index contributed by atoms with van der Waals surface area (Å²) in [5.74, 6) is 1.46. The number of sulfonamides is 1. The SMILES string of the molecule is C#CCOc1ccc(C(=O)Nc2ccc(F)c(C3(C)CN(C)S(=O)(=O)C(C)(C)C(N)=N3)c2)nc1. The van der Waals surface area contributed by atoms with Gasteiger partial charge >= 0.3 is 0 Å². The van der Waals surface area contributed by atoms with Gasteiger partial charge in [-0.25, -0.2) is 22.1 Å². The molecule has 0 bridgehead atoms. The van der Waals surface area contributed by atoms with E-state index in [4.69, 9.17) is 16.9 Å². The molecule has 1 aliphatic heterocycles. The minimum absolute atomic E-state index is 0.0744. The predicted octanol–water partition coefficient (Wildman–Crippen LogP) is 2.11. The number of anilines is 1. The second-order valence-electron chi connectivity index (χ2n) is 8.56. The lowest BCUT2D eigenvalue weighted by Crippen LogP contribution is -2.50. The van der Waals surface area contributed by atoms with Gasteiger partial charge in [0.2, 0.25) is 10.0 Å². The smallest absolute Gasteiger partial charge is 0.274 e. The van der Waals surface area contributed by atoms with Crippen LogP contribution in [0.5, 0.6) is 5.75 Å². The molecule has 11 heteroatoms. The Morgan fingerprint density at radius 2 is 2.03 bits per heavy atom. The van der Waals surface area contributed by atoms with E-state index in [1.165, 1.54) is 51.4 Å². The summed E-state index contributed by atoms with van der Waals surface area (Å²) in [5, 5.41) is 2.66. The maximum Gasteiger partial charge on any atom is 0.274 e. The number of likely N-dealkylation sites (N-methyl/N-ethyl adjacent to an activating group) is 1. The number of hydrogen-bond acceptors (Lipinski definition) is 7. The summed E-state index contributed by atoms with van der Waals surface area (Å²) in [7, 11) is -2.44. The predicted molar refractivity (Wildman–Crippen MR) is 128 cm³/mol. The van der Waals surface area contributed by atoms with Crippen LogP contribution >= 0.6 is 0 Å². The fraction of sp³-hybridized carbons (Fsp3) is 0.348.